The number of rotatable bonds is 6. The number of nitrogens with zero attached hydrogens (tertiary/aromatic N) is 2. The highest BCUT2D eigenvalue weighted by Crippen LogP contribution is 2.23. The number of hydrogen-bond donors (Lipinski definition) is 1. The van der Waals surface area contributed by atoms with Crippen LogP contribution in [0.15, 0.2) is 40.8 Å². The van der Waals surface area contributed by atoms with Crippen molar-refractivity contribution in [3.63, 3.8) is 0 Å². The molecule has 0 aliphatic carbocycles. The Balaban J connectivity index is 2.10. The average molecular weight is 286 g/mol. The lowest BCUT2D eigenvalue weighted by Crippen LogP contribution is -2.26. The molecule has 5 nitrogen and oxygen atoms in total. The minimum absolute atomic E-state index is 0.00531. The van der Waals surface area contributed by atoms with Crippen LogP contribution in [-0.2, 0) is 6.54 Å². The molecule has 0 saturated heterocycles. The van der Waals surface area contributed by atoms with Crippen molar-refractivity contribution in [1.29, 1.82) is 5.26 Å². The molecule has 5 heteroatoms. The monoisotopic (exact) mass is 286 g/mol. The van der Waals surface area contributed by atoms with Gasteiger partial charge in [0.15, 0.2) is 0 Å². The van der Waals surface area contributed by atoms with Crippen LogP contribution >= 0.6 is 0 Å². The van der Waals surface area contributed by atoms with Crippen LogP contribution in [0.5, 0.6) is 5.75 Å². The van der Waals surface area contributed by atoms with Crippen molar-refractivity contribution in [2.45, 2.75) is 12.6 Å². The van der Waals surface area contributed by atoms with Gasteiger partial charge in [-0.2, -0.15) is 5.26 Å². The lowest BCUT2D eigenvalue weighted by Gasteiger charge is -2.26. The highest BCUT2D eigenvalue weighted by Gasteiger charge is 2.17. The maximum Gasteiger partial charge on any atom is 0.203 e. The highest BCUT2D eigenvalue weighted by molar-refractivity contribution is 5.29. The van der Waals surface area contributed by atoms with Gasteiger partial charge in [-0.3, -0.25) is 4.90 Å². The summed E-state index contributed by atoms with van der Waals surface area (Å²) in [6, 6.07) is 12.8. The van der Waals surface area contributed by atoms with E-state index in [0.717, 1.165) is 11.3 Å². The summed E-state index contributed by atoms with van der Waals surface area (Å²) >= 11 is 0. The molecule has 0 fully saturated rings. The Labute approximate surface area is 124 Å². The number of aliphatic hydroxyl groups excluding tert-OH is 1. The summed E-state index contributed by atoms with van der Waals surface area (Å²) in [6.45, 7) is 0.508. The molecule has 1 N–H and O–H groups in total. The molecular formula is C16H18N2O3. The molecule has 0 bridgehead atoms. The first-order chi connectivity index (χ1) is 10.2. The molecule has 0 aliphatic heterocycles. The predicted molar refractivity (Wildman–Crippen MR) is 77.7 cm³/mol. The van der Waals surface area contributed by atoms with Crippen LogP contribution in [0.2, 0.25) is 0 Å². The van der Waals surface area contributed by atoms with Crippen LogP contribution < -0.4 is 4.74 Å². The minimum atomic E-state index is -0.147. The summed E-state index contributed by atoms with van der Waals surface area (Å²) in [4.78, 5) is 1.97. The third-order valence-electron chi connectivity index (χ3n) is 3.38. The Hall–Kier alpha value is -2.29. The van der Waals surface area contributed by atoms with Gasteiger partial charge in [0, 0.05) is 0 Å². The van der Waals surface area contributed by atoms with Gasteiger partial charge in [-0.1, -0.05) is 12.1 Å². The van der Waals surface area contributed by atoms with Crippen LogP contribution in [0.3, 0.4) is 0 Å². The Bertz CT molecular complexity index is 613. The first kappa shape index (κ1) is 15.1. The molecule has 2 aromatic rings. The van der Waals surface area contributed by atoms with Crippen LogP contribution in [0, 0.1) is 11.3 Å². The van der Waals surface area contributed by atoms with E-state index < -0.39 is 0 Å². The fraction of sp³-hybridized carbons (Fsp3) is 0.312. The zero-order chi connectivity index (χ0) is 15.2. The van der Waals surface area contributed by atoms with Gasteiger partial charge in [-0.25, -0.2) is 0 Å². The number of aliphatic hydroxyl groups is 1. The van der Waals surface area contributed by atoms with E-state index in [9.17, 15) is 5.11 Å². The zero-order valence-corrected chi connectivity index (χ0v) is 12.1. The van der Waals surface area contributed by atoms with Crippen molar-refractivity contribution in [2.75, 3.05) is 20.8 Å². The topological polar surface area (TPSA) is 69.6 Å². The standard InChI is InChI=1S/C16H18N2O3/c1-18(10-15-8-7-14(9-17)21-15)16(11-19)12-3-5-13(20-2)6-4-12/h3-8,16,19H,10-11H2,1-2H3. The van der Waals surface area contributed by atoms with E-state index in [1.165, 1.54) is 0 Å². The third-order valence-corrected chi connectivity index (χ3v) is 3.38. The Morgan fingerprint density at radius 3 is 2.52 bits per heavy atom. The summed E-state index contributed by atoms with van der Waals surface area (Å²) in [5.74, 6) is 1.77. The fourth-order valence-corrected chi connectivity index (χ4v) is 2.20. The van der Waals surface area contributed by atoms with Gasteiger partial charge >= 0.3 is 0 Å². The summed E-state index contributed by atoms with van der Waals surface area (Å²) in [7, 11) is 3.52. The Kier molecular flexibility index (Phi) is 4.99. The number of hydrogen-bond acceptors (Lipinski definition) is 5. The molecule has 1 atom stereocenters. The van der Waals surface area contributed by atoms with E-state index in [-0.39, 0.29) is 12.6 Å². The Morgan fingerprint density at radius 1 is 1.29 bits per heavy atom. The van der Waals surface area contributed by atoms with Crippen LogP contribution in [0.25, 0.3) is 0 Å². The molecule has 110 valence electrons. The van der Waals surface area contributed by atoms with Gasteiger partial charge in [0.25, 0.3) is 0 Å². The first-order valence-electron chi connectivity index (χ1n) is 6.61. The number of methoxy groups -OCH3 is 1. The molecule has 1 unspecified atom stereocenters. The van der Waals surface area contributed by atoms with Crippen molar-refractivity contribution >= 4 is 0 Å². The summed E-state index contributed by atoms with van der Waals surface area (Å²) in [5.41, 5.74) is 0.993. The number of benzene rings is 1. The quantitative estimate of drug-likeness (QED) is 0.882. The predicted octanol–water partition coefficient (Wildman–Crippen LogP) is 2.33. The van der Waals surface area contributed by atoms with Gasteiger partial charge in [0.1, 0.15) is 17.6 Å². The average Bonchev–Trinajstić information content (AvgIpc) is 2.96. The van der Waals surface area contributed by atoms with E-state index in [0.29, 0.717) is 18.1 Å². The molecule has 1 aromatic carbocycles. The van der Waals surface area contributed by atoms with Crippen molar-refractivity contribution in [2.24, 2.45) is 0 Å². The van der Waals surface area contributed by atoms with Crippen molar-refractivity contribution in [3.05, 3.63) is 53.5 Å². The van der Waals surface area contributed by atoms with Crippen molar-refractivity contribution < 1.29 is 14.3 Å². The van der Waals surface area contributed by atoms with Crippen molar-refractivity contribution in [1.82, 2.24) is 4.90 Å². The maximum absolute atomic E-state index is 9.65. The number of furan rings is 1. The zero-order valence-electron chi connectivity index (χ0n) is 12.1. The van der Waals surface area contributed by atoms with Gasteiger partial charge in [-0.15, -0.1) is 0 Å². The minimum Gasteiger partial charge on any atom is -0.497 e. The van der Waals surface area contributed by atoms with E-state index in [2.05, 4.69) is 0 Å². The number of ether oxygens (including phenoxy) is 1. The smallest absolute Gasteiger partial charge is 0.203 e. The lowest BCUT2D eigenvalue weighted by atomic mass is 10.1. The lowest BCUT2D eigenvalue weighted by molar-refractivity contribution is 0.135. The third kappa shape index (κ3) is 3.63. The largest absolute Gasteiger partial charge is 0.497 e. The molecular weight excluding hydrogens is 268 g/mol. The van der Waals surface area contributed by atoms with Gasteiger partial charge in [0.2, 0.25) is 5.76 Å². The van der Waals surface area contributed by atoms with Crippen LogP contribution in [0.1, 0.15) is 23.1 Å². The molecule has 0 saturated carbocycles. The molecule has 1 aromatic heterocycles. The van der Waals surface area contributed by atoms with Gasteiger partial charge in [0.05, 0.1) is 26.3 Å². The molecule has 0 amide bonds. The van der Waals surface area contributed by atoms with Gasteiger partial charge in [-0.05, 0) is 36.9 Å². The molecule has 0 radical (unpaired) electrons. The highest BCUT2D eigenvalue weighted by atomic mass is 16.5. The second-order valence-electron chi connectivity index (χ2n) is 4.76. The molecule has 1 heterocycles. The molecule has 2 rings (SSSR count). The van der Waals surface area contributed by atoms with E-state index in [1.54, 1.807) is 19.2 Å². The van der Waals surface area contributed by atoms with E-state index in [1.807, 2.05) is 42.3 Å². The van der Waals surface area contributed by atoms with Crippen LogP contribution in [-0.4, -0.2) is 30.8 Å². The second-order valence-corrected chi connectivity index (χ2v) is 4.76. The SMILES string of the molecule is COc1ccc(C(CO)N(C)Cc2ccc(C#N)o2)cc1. The second kappa shape index (κ2) is 6.93. The van der Waals surface area contributed by atoms with E-state index in [4.69, 9.17) is 14.4 Å². The summed E-state index contributed by atoms with van der Waals surface area (Å²) < 4.78 is 10.5. The fourth-order valence-electron chi connectivity index (χ4n) is 2.20. The summed E-state index contributed by atoms with van der Waals surface area (Å²) in [5, 5.41) is 18.4. The van der Waals surface area contributed by atoms with E-state index >= 15 is 0 Å². The number of nitriles is 1. The molecule has 0 aliphatic rings. The van der Waals surface area contributed by atoms with Crippen LogP contribution in [0.4, 0.5) is 0 Å². The number of likely N-dealkylation sites (N-methyl/N-ethyl adjacent to an activating group) is 1. The molecule has 21 heavy (non-hydrogen) atoms. The maximum atomic E-state index is 9.65. The van der Waals surface area contributed by atoms with Crippen molar-refractivity contribution in [3.8, 4) is 11.8 Å². The normalized spacial score (nSPS) is 12.1. The molecule has 0 spiro atoms. The Morgan fingerprint density at radius 2 is 2.00 bits per heavy atom. The first-order valence-corrected chi connectivity index (χ1v) is 6.61. The van der Waals surface area contributed by atoms with Gasteiger partial charge < -0.3 is 14.3 Å². The summed E-state index contributed by atoms with van der Waals surface area (Å²) in [6.07, 6.45) is 0.